The van der Waals surface area contributed by atoms with Gasteiger partial charge >= 0.3 is 144 Å². The minimum absolute atomic E-state index is 0.519. The molecule has 1 aliphatic heterocycles. The number of hydrogen-bond acceptors (Lipinski definition) is 5. The Morgan fingerprint density at radius 1 is 1.15 bits per heavy atom. The summed E-state index contributed by atoms with van der Waals surface area (Å²) in [6, 6.07) is 9.91. The summed E-state index contributed by atoms with van der Waals surface area (Å²) in [5.41, 5.74) is 9.33. The number of methoxy groups -OCH3 is 1. The predicted molar refractivity (Wildman–Crippen MR) is 145 cm³/mol. The van der Waals surface area contributed by atoms with Crippen LogP contribution >= 0.6 is 11.8 Å². The zero-order chi connectivity index (χ0) is 24.1. The fraction of sp³-hybridized carbons (Fsp3) is 0.423. The molecular formula is C26H37BN4OS. The van der Waals surface area contributed by atoms with Crippen molar-refractivity contribution in [3.8, 4) is 5.75 Å². The first kappa shape index (κ1) is 26.9. The van der Waals surface area contributed by atoms with Crippen molar-refractivity contribution in [2.45, 2.75) is 39.5 Å². The van der Waals surface area contributed by atoms with E-state index < -0.39 is 0 Å². The van der Waals surface area contributed by atoms with Crippen LogP contribution in [0.2, 0.25) is 0 Å². The van der Waals surface area contributed by atoms with E-state index in [0.717, 1.165) is 46.1 Å². The molecule has 1 fully saturated rings. The van der Waals surface area contributed by atoms with Crippen molar-refractivity contribution in [3.05, 3.63) is 71.2 Å². The fourth-order valence-electron chi connectivity index (χ4n) is 3.42. The molecule has 5 nitrogen and oxygen atoms in total. The number of likely N-dealkylation sites (tertiary alicyclic amines) is 1. The van der Waals surface area contributed by atoms with Crippen LogP contribution in [-0.4, -0.2) is 55.9 Å². The third-order valence-electron chi connectivity index (χ3n) is 5.37. The van der Waals surface area contributed by atoms with Crippen LogP contribution in [0.1, 0.15) is 42.3 Å². The van der Waals surface area contributed by atoms with Gasteiger partial charge in [0, 0.05) is 0 Å². The summed E-state index contributed by atoms with van der Waals surface area (Å²) < 4.78 is 4.97. The predicted octanol–water partition coefficient (Wildman–Crippen LogP) is 5.18. The summed E-state index contributed by atoms with van der Waals surface area (Å²) in [6.45, 7) is 18.5. The molecule has 2 aromatic rings. The van der Waals surface area contributed by atoms with E-state index in [1.54, 1.807) is 13.3 Å². The standard InChI is InChI=1S/C18H27BN4S.C8H10O/c1-14(17-8-10-21-16(3)19-17)24-15(2)18(20)22-9-7-13-23-11-5-4-6-12-23;1-7-3-5-8(9-2)6-4-7/h8,10H,1-2,4-7,9,11-13H2,3H3,(H2,20,22);3-6H,1-2H3. The van der Waals surface area contributed by atoms with Gasteiger partial charge in [0.15, 0.2) is 0 Å². The zero-order valence-electron chi connectivity index (χ0n) is 20.3. The minimum Gasteiger partial charge on any atom is -0.497 e. The molecule has 7 heteroatoms. The van der Waals surface area contributed by atoms with Gasteiger partial charge in [-0.1, -0.05) is 24.1 Å². The second-order valence-corrected chi connectivity index (χ2v) is 9.36. The largest absolute Gasteiger partial charge is 0.497 e. The average Bonchev–Trinajstić information content (AvgIpc) is 2.83. The molecule has 0 radical (unpaired) electrons. The number of piperidine rings is 1. The molecule has 0 spiro atoms. The summed E-state index contributed by atoms with van der Waals surface area (Å²) in [4.78, 5) is 12.9. The molecule has 33 heavy (non-hydrogen) atoms. The van der Waals surface area contributed by atoms with E-state index in [0.29, 0.717) is 5.84 Å². The first-order valence-electron chi connectivity index (χ1n) is 11.5. The maximum absolute atomic E-state index is 6.06. The Labute approximate surface area is 204 Å². The number of thioether (sulfide) groups is 1. The maximum atomic E-state index is 6.06. The SMILES string of the molecule is C=C(SC(=C)c1bc(C)ncc1)C(N)=NCCCN1CCCCC1.COc1ccc(C)cc1. The number of aromatic nitrogens is 1. The third kappa shape index (κ3) is 10.4. The number of aliphatic imine (C=N–C) groups is 1. The molecule has 0 atom stereocenters. The third-order valence-corrected chi connectivity index (χ3v) is 6.31. The normalized spacial score (nSPS) is 14.1. The Balaban J connectivity index is 0.000000357. The Bertz CT molecular complexity index is 924. The van der Waals surface area contributed by atoms with Gasteiger partial charge in [0.05, 0.1) is 7.11 Å². The second-order valence-electron chi connectivity index (χ2n) is 8.17. The van der Waals surface area contributed by atoms with E-state index in [2.05, 4.69) is 35.0 Å². The quantitative estimate of drug-likeness (QED) is 0.315. The van der Waals surface area contributed by atoms with E-state index in [1.807, 2.05) is 44.2 Å². The number of rotatable bonds is 9. The van der Waals surface area contributed by atoms with E-state index >= 15 is 0 Å². The zero-order valence-corrected chi connectivity index (χ0v) is 21.2. The number of amidine groups is 1. The van der Waals surface area contributed by atoms with Gasteiger partial charge in [-0.15, -0.1) is 0 Å². The van der Waals surface area contributed by atoms with Crippen molar-refractivity contribution in [1.29, 1.82) is 0 Å². The van der Waals surface area contributed by atoms with Crippen molar-refractivity contribution >= 4 is 29.4 Å². The summed E-state index contributed by atoms with van der Waals surface area (Å²) in [6.07, 6.45) is 6.87. The van der Waals surface area contributed by atoms with Crippen LogP contribution in [0.15, 0.2) is 59.6 Å². The van der Waals surface area contributed by atoms with E-state index in [1.165, 1.54) is 49.7 Å². The Morgan fingerprint density at radius 2 is 1.85 bits per heavy atom. The van der Waals surface area contributed by atoms with E-state index in [4.69, 9.17) is 10.5 Å². The summed E-state index contributed by atoms with van der Waals surface area (Å²) in [5.74, 6) is 1.44. The number of benzene rings is 1. The van der Waals surface area contributed by atoms with Crippen LogP contribution in [0.5, 0.6) is 5.75 Å². The van der Waals surface area contributed by atoms with Gasteiger partial charge in [0.1, 0.15) is 5.75 Å². The second kappa shape index (κ2) is 14.7. The molecule has 3 rings (SSSR count). The fourth-order valence-corrected chi connectivity index (χ4v) is 4.13. The Hall–Kier alpha value is -2.38. The van der Waals surface area contributed by atoms with E-state index in [9.17, 15) is 0 Å². The summed E-state index contributed by atoms with van der Waals surface area (Å²) in [5, 5.41) is 0. The molecule has 1 aromatic heterocycles. The Kier molecular flexibility index (Phi) is 12.0. The van der Waals surface area contributed by atoms with Gasteiger partial charge in [-0.2, -0.15) is 0 Å². The van der Waals surface area contributed by atoms with Gasteiger partial charge < -0.3 is 4.74 Å². The van der Waals surface area contributed by atoms with Crippen molar-refractivity contribution < 1.29 is 4.74 Å². The van der Waals surface area contributed by atoms with Crippen LogP contribution in [-0.2, 0) is 0 Å². The molecule has 1 aliphatic rings. The van der Waals surface area contributed by atoms with Gasteiger partial charge in [0.2, 0.25) is 0 Å². The van der Waals surface area contributed by atoms with E-state index in [-0.39, 0.29) is 0 Å². The molecule has 176 valence electrons. The van der Waals surface area contributed by atoms with Crippen molar-refractivity contribution in [2.24, 2.45) is 10.7 Å². The number of hydrogen-bond donors (Lipinski definition) is 1. The molecule has 0 bridgehead atoms. The van der Waals surface area contributed by atoms with Crippen LogP contribution < -0.4 is 10.5 Å². The van der Waals surface area contributed by atoms with Crippen molar-refractivity contribution in [2.75, 3.05) is 33.3 Å². The van der Waals surface area contributed by atoms with Gasteiger partial charge in [-0.25, -0.2) is 0 Å². The van der Waals surface area contributed by atoms with Gasteiger partial charge in [-0.05, 0) is 19.1 Å². The summed E-state index contributed by atoms with van der Waals surface area (Å²) in [7, 11) is 1.67. The number of nitrogens with two attached hydrogens (primary N) is 1. The smallest absolute Gasteiger partial charge is 0.118 e. The summed E-state index contributed by atoms with van der Waals surface area (Å²) >= 11 is 1.47. The molecule has 0 unspecified atom stereocenters. The first-order valence-corrected chi connectivity index (χ1v) is 12.3. The van der Waals surface area contributed by atoms with Gasteiger partial charge in [0.25, 0.3) is 0 Å². The molecule has 0 amide bonds. The molecule has 0 aliphatic carbocycles. The first-order chi connectivity index (χ1) is 15.9. The van der Waals surface area contributed by atoms with Crippen molar-refractivity contribution in [3.63, 3.8) is 0 Å². The van der Waals surface area contributed by atoms with Crippen molar-refractivity contribution in [1.82, 2.24) is 9.88 Å². The van der Waals surface area contributed by atoms with Crippen LogP contribution in [0.25, 0.3) is 4.91 Å². The number of aryl methyl sites for hydroxylation is 2. The van der Waals surface area contributed by atoms with Gasteiger partial charge in [-0.3, -0.25) is 0 Å². The van der Waals surface area contributed by atoms with Crippen LogP contribution in [0.4, 0.5) is 0 Å². The average molecular weight is 464 g/mol. The maximum Gasteiger partial charge on any atom is 0.118 e. The molecule has 1 saturated heterocycles. The minimum atomic E-state index is 0.519. The molecule has 0 saturated carbocycles. The molecular weight excluding hydrogens is 427 g/mol. The van der Waals surface area contributed by atoms with Crippen LogP contribution in [0.3, 0.4) is 0 Å². The number of nitrogens with zero attached hydrogens (tertiary/aromatic N) is 3. The number of ether oxygens (including phenoxy) is 1. The van der Waals surface area contributed by atoms with Crippen LogP contribution in [0, 0.1) is 13.8 Å². The molecule has 1 aromatic carbocycles. The monoisotopic (exact) mass is 464 g/mol. The molecule has 2 heterocycles. The Morgan fingerprint density at radius 3 is 2.48 bits per heavy atom. The molecule has 2 N–H and O–H groups in total. The topological polar surface area (TPSA) is 63.7 Å².